The minimum absolute atomic E-state index is 0.156. The highest BCUT2D eigenvalue weighted by molar-refractivity contribution is 7.89. The molecule has 2 aliphatic heterocycles. The van der Waals surface area contributed by atoms with Crippen LogP contribution in [0.1, 0.15) is 59.2 Å². The summed E-state index contributed by atoms with van der Waals surface area (Å²) in [5.41, 5.74) is 2.94. The predicted molar refractivity (Wildman–Crippen MR) is 199 cm³/mol. The maximum absolute atomic E-state index is 13.1. The van der Waals surface area contributed by atoms with Crippen LogP contribution in [0.15, 0.2) is 94.7 Å². The topological polar surface area (TPSA) is 151 Å². The SMILES string of the molecule is COc1cc(-c2ccc(NC(=O)c3ccc(S(=O)(=O)N4CCCCC4)cc3)c(OC)c2)ccc1NC(=O)c1ccc(S(=O)(=O)N2CCCCC2)cc1. The quantitative estimate of drug-likeness (QED) is 0.184. The van der Waals surface area contributed by atoms with Crippen molar-refractivity contribution >= 4 is 43.2 Å². The van der Waals surface area contributed by atoms with Crippen molar-refractivity contribution in [2.75, 3.05) is 51.0 Å². The first-order valence-corrected chi connectivity index (χ1v) is 20.1. The van der Waals surface area contributed by atoms with Gasteiger partial charge in [-0.15, -0.1) is 0 Å². The van der Waals surface area contributed by atoms with Gasteiger partial charge in [0.25, 0.3) is 11.8 Å². The van der Waals surface area contributed by atoms with Crippen LogP contribution in [0, 0.1) is 0 Å². The Kier molecular flexibility index (Phi) is 11.3. The number of nitrogens with zero attached hydrogens (tertiary/aromatic N) is 2. The monoisotopic (exact) mass is 746 g/mol. The third-order valence-electron chi connectivity index (χ3n) is 9.37. The molecular formula is C38H42N4O8S2. The van der Waals surface area contributed by atoms with Crippen molar-refractivity contribution in [3.05, 3.63) is 96.1 Å². The molecule has 2 fully saturated rings. The molecule has 2 amide bonds. The number of anilines is 2. The lowest BCUT2D eigenvalue weighted by molar-refractivity contribution is 0.101. The molecule has 0 bridgehead atoms. The molecule has 2 saturated heterocycles. The second-order valence-corrected chi connectivity index (χ2v) is 16.6. The Balaban J connectivity index is 1.12. The van der Waals surface area contributed by atoms with Gasteiger partial charge in [-0.1, -0.05) is 25.0 Å². The Morgan fingerprint density at radius 3 is 1.19 bits per heavy atom. The van der Waals surface area contributed by atoms with Gasteiger partial charge in [0.15, 0.2) is 0 Å². The van der Waals surface area contributed by atoms with E-state index in [1.54, 1.807) is 36.4 Å². The molecule has 0 unspecified atom stereocenters. The molecule has 14 heteroatoms. The number of ether oxygens (including phenoxy) is 2. The van der Waals surface area contributed by atoms with Crippen molar-refractivity contribution in [3.63, 3.8) is 0 Å². The highest BCUT2D eigenvalue weighted by Crippen LogP contribution is 2.35. The van der Waals surface area contributed by atoms with E-state index in [0.717, 1.165) is 49.7 Å². The first-order chi connectivity index (χ1) is 25.0. The lowest BCUT2D eigenvalue weighted by Gasteiger charge is -2.25. The van der Waals surface area contributed by atoms with Crippen LogP contribution in [0.5, 0.6) is 11.5 Å². The van der Waals surface area contributed by atoms with E-state index in [2.05, 4.69) is 10.6 Å². The molecule has 0 spiro atoms. The van der Waals surface area contributed by atoms with E-state index in [9.17, 15) is 26.4 Å². The van der Waals surface area contributed by atoms with Crippen molar-refractivity contribution < 1.29 is 35.9 Å². The second kappa shape index (κ2) is 15.9. The highest BCUT2D eigenvalue weighted by atomic mass is 32.2. The van der Waals surface area contributed by atoms with Crippen LogP contribution < -0.4 is 20.1 Å². The van der Waals surface area contributed by atoms with Crippen molar-refractivity contribution in [3.8, 4) is 22.6 Å². The molecule has 2 aliphatic rings. The zero-order valence-corrected chi connectivity index (χ0v) is 30.8. The van der Waals surface area contributed by atoms with Gasteiger partial charge in [0.05, 0.1) is 35.4 Å². The second-order valence-electron chi connectivity index (χ2n) is 12.7. The number of hydrogen-bond donors (Lipinski definition) is 2. The van der Waals surface area contributed by atoms with Gasteiger partial charge in [0.1, 0.15) is 11.5 Å². The normalized spacial score (nSPS) is 15.8. The summed E-state index contributed by atoms with van der Waals surface area (Å²) in [5.74, 6) is -0.0459. The lowest BCUT2D eigenvalue weighted by Crippen LogP contribution is -2.35. The lowest BCUT2D eigenvalue weighted by atomic mass is 10.0. The molecular weight excluding hydrogens is 705 g/mol. The van der Waals surface area contributed by atoms with Gasteiger partial charge in [0.2, 0.25) is 20.0 Å². The number of piperidine rings is 2. The third kappa shape index (κ3) is 7.99. The molecule has 52 heavy (non-hydrogen) atoms. The van der Waals surface area contributed by atoms with E-state index in [0.29, 0.717) is 60.2 Å². The summed E-state index contributed by atoms with van der Waals surface area (Å²) in [6.07, 6.45) is 5.39. The first-order valence-electron chi connectivity index (χ1n) is 17.2. The van der Waals surface area contributed by atoms with E-state index in [1.165, 1.54) is 71.4 Å². The van der Waals surface area contributed by atoms with Gasteiger partial charge in [-0.05, 0) is 110 Å². The standard InChI is InChI=1S/C38H42N4O8S2/c1-49-35-25-29(13-19-33(35)39-37(43)27-9-15-31(16-10-27)51(45,46)41-21-5-3-6-22-41)30-14-20-34(36(26-30)50-2)40-38(44)28-11-17-32(18-12-28)52(47,48)42-23-7-4-8-24-42/h9-20,25-26H,3-8,21-24H2,1-2H3,(H,39,43)(H,40,44). The minimum atomic E-state index is -3.61. The van der Waals surface area contributed by atoms with Crippen LogP contribution >= 0.6 is 0 Å². The molecule has 6 rings (SSSR count). The van der Waals surface area contributed by atoms with Crippen molar-refractivity contribution in [2.45, 2.75) is 48.3 Å². The predicted octanol–water partition coefficient (Wildman–Crippen LogP) is 6.22. The number of rotatable bonds is 11. The molecule has 12 nitrogen and oxygen atoms in total. The summed E-state index contributed by atoms with van der Waals surface area (Å²) in [6, 6.07) is 22.4. The number of carbonyl (C=O) groups is 2. The van der Waals surface area contributed by atoms with E-state index in [1.807, 2.05) is 0 Å². The Bertz CT molecular complexity index is 1990. The number of hydrogen-bond acceptors (Lipinski definition) is 8. The van der Waals surface area contributed by atoms with Gasteiger partial charge in [-0.3, -0.25) is 9.59 Å². The molecule has 2 heterocycles. The molecule has 0 atom stereocenters. The zero-order chi connectivity index (χ0) is 36.9. The third-order valence-corrected chi connectivity index (χ3v) is 13.2. The molecule has 0 aliphatic carbocycles. The van der Waals surface area contributed by atoms with Gasteiger partial charge in [0, 0.05) is 37.3 Å². The van der Waals surface area contributed by atoms with Crippen LogP contribution in [0.25, 0.3) is 11.1 Å². The van der Waals surface area contributed by atoms with E-state index < -0.39 is 31.9 Å². The molecule has 4 aromatic carbocycles. The van der Waals surface area contributed by atoms with Gasteiger partial charge in [-0.25, -0.2) is 16.8 Å². The highest BCUT2D eigenvalue weighted by Gasteiger charge is 2.27. The Morgan fingerprint density at radius 1 is 0.519 bits per heavy atom. The summed E-state index contributed by atoms with van der Waals surface area (Å²) in [7, 11) is -4.24. The molecule has 4 aromatic rings. The van der Waals surface area contributed by atoms with E-state index in [4.69, 9.17) is 9.47 Å². The molecule has 274 valence electrons. The Hall–Kier alpha value is -4.76. The fourth-order valence-electron chi connectivity index (χ4n) is 6.40. The average Bonchev–Trinajstić information content (AvgIpc) is 3.19. The van der Waals surface area contributed by atoms with E-state index in [-0.39, 0.29) is 9.79 Å². The summed E-state index contributed by atoms with van der Waals surface area (Å²) >= 11 is 0. The van der Waals surface area contributed by atoms with Crippen LogP contribution in [-0.2, 0) is 20.0 Å². The number of benzene rings is 4. The van der Waals surface area contributed by atoms with Gasteiger partial charge >= 0.3 is 0 Å². The van der Waals surface area contributed by atoms with Crippen molar-refractivity contribution in [2.24, 2.45) is 0 Å². The van der Waals surface area contributed by atoms with Crippen LogP contribution in [0.4, 0.5) is 11.4 Å². The molecule has 2 N–H and O–H groups in total. The fraction of sp³-hybridized carbons (Fsp3) is 0.316. The number of nitrogens with one attached hydrogen (secondary N) is 2. The maximum Gasteiger partial charge on any atom is 0.255 e. The average molecular weight is 747 g/mol. The summed E-state index contributed by atoms with van der Waals surface area (Å²) < 4.78 is 66.2. The van der Waals surface area contributed by atoms with Gasteiger partial charge < -0.3 is 20.1 Å². The molecule has 0 saturated carbocycles. The largest absolute Gasteiger partial charge is 0.495 e. The summed E-state index contributed by atoms with van der Waals surface area (Å²) in [5, 5.41) is 5.69. The summed E-state index contributed by atoms with van der Waals surface area (Å²) in [6.45, 7) is 2.00. The van der Waals surface area contributed by atoms with Crippen LogP contribution in [-0.4, -0.2) is 77.7 Å². The number of amides is 2. The van der Waals surface area contributed by atoms with Crippen molar-refractivity contribution in [1.82, 2.24) is 8.61 Å². The number of methoxy groups -OCH3 is 2. The van der Waals surface area contributed by atoms with Crippen LogP contribution in [0.3, 0.4) is 0 Å². The maximum atomic E-state index is 13.1. The smallest absolute Gasteiger partial charge is 0.255 e. The Morgan fingerprint density at radius 2 is 0.865 bits per heavy atom. The van der Waals surface area contributed by atoms with Gasteiger partial charge in [-0.2, -0.15) is 8.61 Å². The summed E-state index contributed by atoms with van der Waals surface area (Å²) in [4.78, 5) is 26.6. The van der Waals surface area contributed by atoms with Crippen LogP contribution in [0.2, 0.25) is 0 Å². The Labute approximate surface area is 304 Å². The minimum Gasteiger partial charge on any atom is -0.495 e. The number of sulfonamides is 2. The van der Waals surface area contributed by atoms with E-state index >= 15 is 0 Å². The number of carbonyl (C=O) groups excluding carboxylic acids is 2. The van der Waals surface area contributed by atoms with Crippen molar-refractivity contribution in [1.29, 1.82) is 0 Å². The molecule has 0 aromatic heterocycles. The zero-order valence-electron chi connectivity index (χ0n) is 29.1. The molecule has 0 radical (unpaired) electrons. The fourth-order valence-corrected chi connectivity index (χ4v) is 9.44. The first kappa shape index (κ1) is 37.0.